The van der Waals surface area contributed by atoms with Gasteiger partial charge in [0.15, 0.2) is 5.65 Å². The van der Waals surface area contributed by atoms with Gasteiger partial charge in [-0.1, -0.05) is 0 Å². The standard InChI is InChI=1S/C11H16N8O2/c1-18-11-6(2-15-18)10(14)16-9(17-11)5-19(3-7(12)20)4-8(13)21/h2H,3-5H2,1H3,(H2,12,20)(H2,13,21)(H2,14,16,17). The highest BCUT2D eigenvalue weighted by molar-refractivity contribution is 5.85. The molecule has 6 N–H and O–H groups in total. The van der Waals surface area contributed by atoms with E-state index in [0.29, 0.717) is 16.9 Å². The molecule has 0 unspecified atom stereocenters. The fourth-order valence-corrected chi connectivity index (χ4v) is 1.97. The molecule has 0 aromatic carbocycles. The van der Waals surface area contributed by atoms with Gasteiger partial charge in [-0.05, 0) is 0 Å². The summed E-state index contributed by atoms with van der Waals surface area (Å²) in [4.78, 5) is 31.9. The lowest BCUT2D eigenvalue weighted by molar-refractivity contribution is -0.122. The van der Waals surface area contributed by atoms with Crippen molar-refractivity contribution in [3.05, 3.63) is 12.0 Å². The van der Waals surface area contributed by atoms with Gasteiger partial charge in [-0.15, -0.1) is 0 Å². The van der Waals surface area contributed by atoms with Gasteiger partial charge in [-0.2, -0.15) is 5.10 Å². The van der Waals surface area contributed by atoms with Crippen molar-refractivity contribution < 1.29 is 9.59 Å². The number of aryl methyl sites for hydroxylation is 1. The van der Waals surface area contributed by atoms with Crippen LogP contribution in [0.5, 0.6) is 0 Å². The van der Waals surface area contributed by atoms with Crippen LogP contribution in [0.4, 0.5) is 5.82 Å². The molecule has 0 bridgehead atoms. The van der Waals surface area contributed by atoms with Crippen LogP contribution in [0.2, 0.25) is 0 Å². The van der Waals surface area contributed by atoms with E-state index in [9.17, 15) is 9.59 Å². The second kappa shape index (κ2) is 5.71. The first-order valence-corrected chi connectivity index (χ1v) is 6.10. The van der Waals surface area contributed by atoms with Crippen molar-refractivity contribution in [1.29, 1.82) is 0 Å². The normalized spacial score (nSPS) is 11.1. The predicted molar refractivity (Wildman–Crippen MR) is 74.4 cm³/mol. The van der Waals surface area contributed by atoms with Gasteiger partial charge >= 0.3 is 0 Å². The van der Waals surface area contributed by atoms with Crippen LogP contribution >= 0.6 is 0 Å². The fourth-order valence-electron chi connectivity index (χ4n) is 1.97. The average molecular weight is 292 g/mol. The van der Waals surface area contributed by atoms with Gasteiger partial charge < -0.3 is 17.2 Å². The molecule has 2 rings (SSSR count). The van der Waals surface area contributed by atoms with Crippen LogP contribution in [0.25, 0.3) is 11.0 Å². The number of nitrogens with zero attached hydrogens (tertiary/aromatic N) is 5. The van der Waals surface area contributed by atoms with Crippen molar-refractivity contribution in [2.24, 2.45) is 18.5 Å². The number of carbonyl (C=O) groups is 2. The Kier molecular flexibility index (Phi) is 3.98. The number of primary amides is 2. The van der Waals surface area contributed by atoms with Crippen molar-refractivity contribution in [3.63, 3.8) is 0 Å². The van der Waals surface area contributed by atoms with E-state index in [1.807, 2.05) is 0 Å². The Morgan fingerprint density at radius 3 is 2.43 bits per heavy atom. The molecule has 0 aliphatic heterocycles. The van der Waals surface area contributed by atoms with Gasteiger partial charge in [0.25, 0.3) is 0 Å². The molecule has 2 aromatic rings. The molecule has 0 aliphatic carbocycles. The van der Waals surface area contributed by atoms with Crippen LogP contribution in [0.15, 0.2) is 6.20 Å². The molecular weight excluding hydrogens is 276 g/mol. The molecule has 0 saturated carbocycles. The average Bonchev–Trinajstić information content (AvgIpc) is 2.70. The third-order valence-corrected chi connectivity index (χ3v) is 2.79. The molecule has 0 aliphatic rings. The van der Waals surface area contributed by atoms with Crippen LogP contribution in [-0.2, 0) is 23.2 Å². The summed E-state index contributed by atoms with van der Waals surface area (Å²) in [5.74, 6) is -0.524. The summed E-state index contributed by atoms with van der Waals surface area (Å²) >= 11 is 0. The minimum atomic E-state index is -0.578. The van der Waals surface area contributed by atoms with E-state index in [1.54, 1.807) is 17.9 Å². The highest BCUT2D eigenvalue weighted by Crippen LogP contribution is 2.16. The third-order valence-electron chi connectivity index (χ3n) is 2.79. The van der Waals surface area contributed by atoms with Crippen molar-refractivity contribution >= 4 is 28.7 Å². The SMILES string of the molecule is Cn1ncc2c(N)nc(CN(CC(N)=O)CC(N)=O)nc21. The van der Waals surface area contributed by atoms with E-state index < -0.39 is 11.8 Å². The van der Waals surface area contributed by atoms with Crippen molar-refractivity contribution in [1.82, 2.24) is 24.6 Å². The number of rotatable bonds is 6. The van der Waals surface area contributed by atoms with Crippen molar-refractivity contribution in [2.45, 2.75) is 6.54 Å². The largest absolute Gasteiger partial charge is 0.383 e. The van der Waals surface area contributed by atoms with E-state index in [4.69, 9.17) is 17.2 Å². The smallest absolute Gasteiger partial charge is 0.231 e. The first kappa shape index (κ1) is 14.7. The molecule has 2 heterocycles. The number of carbonyl (C=O) groups excluding carboxylic acids is 2. The summed E-state index contributed by atoms with van der Waals surface area (Å²) in [6.07, 6.45) is 1.57. The first-order chi connectivity index (χ1) is 9.86. The van der Waals surface area contributed by atoms with E-state index in [0.717, 1.165) is 0 Å². The van der Waals surface area contributed by atoms with E-state index in [2.05, 4.69) is 15.1 Å². The highest BCUT2D eigenvalue weighted by atomic mass is 16.2. The van der Waals surface area contributed by atoms with Crippen molar-refractivity contribution in [2.75, 3.05) is 18.8 Å². The topological polar surface area (TPSA) is 159 Å². The van der Waals surface area contributed by atoms with Crippen LogP contribution in [0.1, 0.15) is 5.82 Å². The summed E-state index contributed by atoms with van der Waals surface area (Å²) in [5, 5.41) is 4.68. The van der Waals surface area contributed by atoms with E-state index in [-0.39, 0.29) is 25.5 Å². The Balaban J connectivity index is 2.29. The number of aromatic nitrogens is 4. The number of nitrogens with two attached hydrogens (primary N) is 3. The number of amides is 2. The third kappa shape index (κ3) is 3.42. The number of fused-ring (bicyclic) bond motifs is 1. The minimum Gasteiger partial charge on any atom is -0.383 e. The second-order valence-electron chi connectivity index (χ2n) is 4.61. The first-order valence-electron chi connectivity index (χ1n) is 6.10. The summed E-state index contributed by atoms with van der Waals surface area (Å²) in [6, 6.07) is 0. The molecule has 10 nitrogen and oxygen atoms in total. The molecular formula is C11H16N8O2. The maximum absolute atomic E-state index is 11.0. The number of anilines is 1. The molecule has 0 atom stereocenters. The maximum Gasteiger partial charge on any atom is 0.231 e. The summed E-state index contributed by atoms with van der Waals surface area (Å²) < 4.78 is 1.56. The van der Waals surface area contributed by atoms with Gasteiger partial charge in [0.2, 0.25) is 11.8 Å². The monoisotopic (exact) mass is 292 g/mol. The van der Waals surface area contributed by atoms with E-state index in [1.165, 1.54) is 4.90 Å². The van der Waals surface area contributed by atoms with Crippen LogP contribution in [0.3, 0.4) is 0 Å². The quantitative estimate of drug-likeness (QED) is 0.540. The molecule has 2 aromatic heterocycles. The zero-order chi connectivity index (χ0) is 15.6. The van der Waals surface area contributed by atoms with Gasteiger partial charge in [0.1, 0.15) is 11.6 Å². The van der Waals surface area contributed by atoms with Gasteiger partial charge in [-0.25, -0.2) is 9.97 Å². The zero-order valence-electron chi connectivity index (χ0n) is 11.5. The Morgan fingerprint density at radius 2 is 1.86 bits per heavy atom. The van der Waals surface area contributed by atoms with Crippen molar-refractivity contribution in [3.8, 4) is 0 Å². The Morgan fingerprint density at radius 1 is 1.24 bits per heavy atom. The highest BCUT2D eigenvalue weighted by Gasteiger charge is 2.15. The predicted octanol–water partition coefficient (Wildman–Crippen LogP) is -2.28. The van der Waals surface area contributed by atoms with E-state index >= 15 is 0 Å². The Hall–Kier alpha value is -2.75. The molecule has 10 heteroatoms. The lowest BCUT2D eigenvalue weighted by Crippen LogP contribution is -2.39. The lowest BCUT2D eigenvalue weighted by atomic mass is 10.3. The minimum absolute atomic E-state index is 0.122. The molecule has 0 saturated heterocycles. The maximum atomic E-state index is 11.0. The summed E-state index contributed by atoms with van der Waals surface area (Å²) in [6.45, 7) is -0.136. The molecule has 0 fully saturated rings. The van der Waals surface area contributed by atoms with Gasteiger partial charge in [-0.3, -0.25) is 19.2 Å². The lowest BCUT2D eigenvalue weighted by Gasteiger charge is -2.17. The number of nitrogen functional groups attached to an aromatic ring is 1. The van der Waals surface area contributed by atoms with Gasteiger partial charge in [0, 0.05) is 7.05 Å². The van der Waals surface area contributed by atoms with Gasteiger partial charge in [0.05, 0.1) is 31.2 Å². The Labute approximate surface area is 119 Å². The van der Waals surface area contributed by atoms with Crippen LogP contribution < -0.4 is 17.2 Å². The fraction of sp³-hybridized carbons (Fsp3) is 0.364. The zero-order valence-corrected chi connectivity index (χ0v) is 11.5. The molecule has 21 heavy (non-hydrogen) atoms. The Bertz CT molecular complexity index is 679. The molecule has 0 spiro atoms. The van der Waals surface area contributed by atoms with Crippen LogP contribution in [0, 0.1) is 0 Å². The number of hydrogen-bond donors (Lipinski definition) is 3. The summed E-state index contributed by atoms with van der Waals surface area (Å²) in [7, 11) is 1.73. The second-order valence-corrected chi connectivity index (χ2v) is 4.61. The number of hydrogen-bond acceptors (Lipinski definition) is 7. The van der Waals surface area contributed by atoms with Crippen LogP contribution in [-0.4, -0.2) is 49.6 Å². The molecule has 112 valence electrons. The molecule has 2 amide bonds. The molecule has 0 radical (unpaired) electrons. The summed E-state index contributed by atoms with van der Waals surface area (Å²) in [5.41, 5.74) is 16.7.